The van der Waals surface area contributed by atoms with E-state index < -0.39 is 0 Å². The number of hydrogen-bond acceptors (Lipinski definition) is 6. The van der Waals surface area contributed by atoms with Crippen molar-refractivity contribution in [1.29, 1.82) is 0 Å². The summed E-state index contributed by atoms with van der Waals surface area (Å²) in [6.45, 7) is 5.92. The predicted octanol–water partition coefficient (Wildman–Crippen LogP) is 3.73. The topological polar surface area (TPSA) is 68.5 Å². The first-order valence-corrected chi connectivity index (χ1v) is 8.96. The van der Waals surface area contributed by atoms with Gasteiger partial charge in [0.05, 0.1) is 18.6 Å². The Morgan fingerprint density at radius 3 is 2.84 bits per heavy atom. The first-order valence-electron chi connectivity index (χ1n) is 8.58. The van der Waals surface area contributed by atoms with Crippen LogP contribution in [0.2, 0.25) is 5.02 Å². The number of ether oxygens (including phenoxy) is 1. The highest BCUT2D eigenvalue weighted by molar-refractivity contribution is 6.30. The molecule has 1 saturated heterocycles. The molecule has 0 saturated carbocycles. The van der Waals surface area contributed by atoms with Crippen LogP contribution in [0.1, 0.15) is 38.6 Å². The SMILES string of the molecule is CCOC(=O)C1CCN([C@@H](C)c2nnc(-c3cccc(Cl)c3)o2)CC1. The summed E-state index contributed by atoms with van der Waals surface area (Å²) in [7, 11) is 0. The van der Waals surface area contributed by atoms with Crippen LogP contribution in [0, 0.1) is 5.92 Å². The lowest BCUT2D eigenvalue weighted by atomic mass is 9.96. The van der Waals surface area contributed by atoms with Crippen LogP contribution in [0.4, 0.5) is 0 Å². The average Bonchev–Trinajstić information content (AvgIpc) is 3.11. The molecule has 0 aliphatic carbocycles. The van der Waals surface area contributed by atoms with Crippen LogP contribution in [-0.2, 0) is 9.53 Å². The quantitative estimate of drug-likeness (QED) is 0.754. The molecule has 0 N–H and O–H groups in total. The van der Waals surface area contributed by atoms with Gasteiger partial charge in [-0.15, -0.1) is 10.2 Å². The van der Waals surface area contributed by atoms with Crippen molar-refractivity contribution in [2.75, 3.05) is 19.7 Å². The number of nitrogens with zero attached hydrogens (tertiary/aromatic N) is 3. The molecule has 7 heteroatoms. The maximum Gasteiger partial charge on any atom is 0.309 e. The Labute approximate surface area is 152 Å². The Hall–Kier alpha value is -1.92. The zero-order chi connectivity index (χ0) is 17.8. The van der Waals surface area contributed by atoms with E-state index in [0.717, 1.165) is 31.5 Å². The fourth-order valence-corrected chi connectivity index (χ4v) is 3.27. The fourth-order valence-electron chi connectivity index (χ4n) is 3.08. The van der Waals surface area contributed by atoms with Crippen molar-refractivity contribution in [3.63, 3.8) is 0 Å². The van der Waals surface area contributed by atoms with E-state index in [0.29, 0.717) is 23.4 Å². The summed E-state index contributed by atoms with van der Waals surface area (Å²) < 4.78 is 11.0. The van der Waals surface area contributed by atoms with Crippen molar-refractivity contribution in [1.82, 2.24) is 15.1 Å². The van der Waals surface area contributed by atoms with Gasteiger partial charge in [0, 0.05) is 10.6 Å². The molecule has 0 radical (unpaired) electrons. The van der Waals surface area contributed by atoms with Gasteiger partial charge in [0.25, 0.3) is 0 Å². The van der Waals surface area contributed by atoms with E-state index in [9.17, 15) is 4.79 Å². The van der Waals surface area contributed by atoms with Gasteiger partial charge in [-0.1, -0.05) is 17.7 Å². The number of carbonyl (C=O) groups is 1. The molecule has 1 fully saturated rings. The van der Waals surface area contributed by atoms with Gasteiger partial charge in [-0.3, -0.25) is 9.69 Å². The molecule has 2 aromatic rings. The summed E-state index contributed by atoms with van der Waals surface area (Å²) in [5.41, 5.74) is 0.805. The molecule has 1 aromatic carbocycles. The number of hydrogen-bond donors (Lipinski definition) is 0. The average molecular weight is 364 g/mol. The molecule has 0 unspecified atom stereocenters. The number of aromatic nitrogens is 2. The van der Waals surface area contributed by atoms with E-state index in [-0.39, 0.29) is 17.9 Å². The number of piperidine rings is 1. The third-order valence-corrected chi connectivity index (χ3v) is 4.80. The Bertz CT molecular complexity index is 726. The highest BCUT2D eigenvalue weighted by Crippen LogP contribution is 2.29. The molecule has 6 nitrogen and oxygen atoms in total. The first kappa shape index (κ1) is 17.9. The number of carbonyl (C=O) groups excluding carboxylic acids is 1. The van der Waals surface area contributed by atoms with E-state index in [1.807, 2.05) is 26.0 Å². The lowest BCUT2D eigenvalue weighted by molar-refractivity contribution is -0.149. The second-order valence-corrected chi connectivity index (χ2v) is 6.63. The summed E-state index contributed by atoms with van der Waals surface area (Å²) in [6, 6.07) is 7.35. The van der Waals surface area contributed by atoms with Crippen LogP contribution in [0.3, 0.4) is 0 Å². The van der Waals surface area contributed by atoms with E-state index in [1.165, 1.54) is 0 Å². The Kier molecular flexibility index (Phi) is 5.71. The van der Waals surface area contributed by atoms with Gasteiger partial charge in [0.15, 0.2) is 0 Å². The minimum Gasteiger partial charge on any atom is -0.466 e. The predicted molar refractivity (Wildman–Crippen MR) is 94.1 cm³/mol. The maximum absolute atomic E-state index is 11.8. The maximum atomic E-state index is 11.8. The second kappa shape index (κ2) is 7.97. The minimum absolute atomic E-state index is 0.00331. The number of likely N-dealkylation sites (tertiary alicyclic amines) is 1. The first-order chi connectivity index (χ1) is 12.1. The Morgan fingerprint density at radius 1 is 1.40 bits per heavy atom. The highest BCUT2D eigenvalue weighted by atomic mass is 35.5. The Morgan fingerprint density at radius 2 is 2.16 bits per heavy atom. The van der Waals surface area contributed by atoms with Crippen LogP contribution in [0.15, 0.2) is 28.7 Å². The van der Waals surface area contributed by atoms with E-state index in [4.69, 9.17) is 20.8 Å². The van der Waals surface area contributed by atoms with Crippen molar-refractivity contribution in [3.05, 3.63) is 35.2 Å². The van der Waals surface area contributed by atoms with E-state index in [1.54, 1.807) is 12.1 Å². The van der Waals surface area contributed by atoms with Gasteiger partial charge in [-0.25, -0.2) is 0 Å². The van der Waals surface area contributed by atoms with Gasteiger partial charge in [0.2, 0.25) is 11.8 Å². The zero-order valence-electron chi connectivity index (χ0n) is 14.4. The molecule has 0 spiro atoms. The third kappa shape index (κ3) is 4.19. The van der Waals surface area contributed by atoms with Crippen molar-refractivity contribution in [3.8, 4) is 11.5 Å². The lowest BCUT2D eigenvalue weighted by Crippen LogP contribution is -2.38. The third-order valence-electron chi connectivity index (χ3n) is 4.57. The molecule has 134 valence electrons. The summed E-state index contributed by atoms with van der Waals surface area (Å²) in [5.74, 6) is 0.944. The van der Waals surface area contributed by atoms with Gasteiger partial charge >= 0.3 is 5.97 Å². The number of rotatable bonds is 5. The molecule has 0 bridgehead atoms. The number of benzene rings is 1. The lowest BCUT2D eigenvalue weighted by Gasteiger charge is -2.33. The van der Waals surface area contributed by atoms with Crippen LogP contribution < -0.4 is 0 Å². The molecular weight excluding hydrogens is 342 g/mol. The van der Waals surface area contributed by atoms with E-state index >= 15 is 0 Å². The molecule has 1 atom stereocenters. The fraction of sp³-hybridized carbons (Fsp3) is 0.500. The second-order valence-electron chi connectivity index (χ2n) is 6.19. The molecule has 1 aromatic heterocycles. The van der Waals surface area contributed by atoms with Crippen LogP contribution in [0.5, 0.6) is 0 Å². The smallest absolute Gasteiger partial charge is 0.309 e. The highest BCUT2D eigenvalue weighted by Gasteiger charge is 2.30. The van der Waals surface area contributed by atoms with Gasteiger partial charge in [-0.2, -0.15) is 0 Å². The molecule has 0 amide bonds. The summed E-state index contributed by atoms with van der Waals surface area (Å²) in [5, 5.41) is 8.95. The monoisotopic (exact) mass is 363 g/mol. The molecular formula is C18H22ClN3O3. The van der Waals surface area contributed by atoms with Gasteiger partial charge in [0.1, 0.15) is 0 Å². The van der Waals surface area contributed by atoms with Crippen LogP contribution in [-0.4, -0.2) is 40.8 Å². The van der Waals surface area contributed by atoms with Crippen LogP contribution in [0.25, 0.3) is 11.5 Å². The minimum atomic E-state index is -0.0872. The van der Waals surface area contributed by atoms with E-state index in [2.05, 4.69) is 15.1 Å². The van der Waals surface area contributed by atoms with Crippen molar-refractivity contribution in [2.45, 2.75) is 32.7 Å². The zero-order valence-corrected chi connectivity index (χ0v) is 15.2. The standard InChI is InChI=1S/C18H22ClN3O3/c1-3-24-18(23)13-7-9-22(10-8-13)12(2)16-20-21-17(25-16)14-5-4-6-15(19)11-14/h4-6,11-13H,3,7-10H2,1-2H3/t12-/m0/s1. The van der Waals surface area contributed by atoms with Crippen molar-refractivity contribution in [2.24, 2.45) is 5.92 Å². The summed E-state index contributed by atoms with van der Waals surface area (Å²) in [6.07, 6.45) is 1.58. The van der Waals surface area contributed by atoms with Crippen molar-refractivity contribution < 1.29 is 13.9 Å². The molecule has 1 aliphatic rings. The van der Waals surface area contributed by atoms with Crippen molar-refractivity contribution >= 4 is 17.6 Å². The summed E-state index contributed by atoms with van der Waals surface area (Å²) >= 11 is 6.01. The summed E-state index contributed by atoms with van der Waals surface area (Å²) in [4.78, 5) is 14.1. The molecule has 2 heterocycles. The van der Waals surface area contributed by atoms with Gasteiger partial charge in [-0.05, 0) is 58.0 Å². The number of esters is 1. The molecule has 3 rings (SSSR count). The number of halogens is 1. The normalized spacial score (nSPS) is 17.4. The largest absolute Gasteiger partial charge is 0.466 e. The Balaban J connectivity index is 1.63. The van der Waals surface area contributed by atoms with Crippen LogP contribution >= 0.6 is 11.6 Å². The molecule has 25 heavy (non-hydrogen) atoms. The molecule has 1 aliphatic heterocycles. The van der Waals surface area contributed by atoms with Gasteiger partial charge < -0.3 is 9.15 Å².